The Balaban J connectivity index is 2.30. The van der Waals surface area contributed by atoms with Crippen molar-refractivity contribution in [3.05, 3.63) is 29.3 Å². The normalized spacial score (nSPS) is 20.5. The van der Waals surface area contributed by atoms with E-state index in [2.05, 4.69) is 0 Å². The SMILES string of the molecule is O=[PH](O)C1(OS(=O)(=O)c2ccc(Cl)cc2)CCCCC1. The first kappa shape index (κ1) is 16.0. The monoisotopic (exact) mass is 338 g/mol. The highest BCUT2D eigenvalue weighted by molar-refractivity contribution is 7.87. The summed E-state index contributed by atoms with van der Waals surface area (Å²) in [5.41, 5.74) is 0. The van der Waals surface area contributed by atoms with E-state index in [4.69, 9.17) is 15.8 Å². The maximum Gasteiger partial charge on any atom is 0.298 e. The molecule has 1 aliphatic rings. The van der Waals surface area contributed by atoms with Crippen LogP contribution in [0.1, 0.15) is 32.1 Å². The Kier molecular flexibility index (Phi) is 4.92. The van der Waals surface area contributed by atoms with Gasteiger partial charge in [-0.2, -0.15) is 8.42 Å². The van der Waals surface area contributed by atoms with Crippen molar-refractivity contribution in [1.29, 1.82) is 0 Å². The van der Waals surface area contributed by atoms with E-state index in [9.17, 15) is 17.9 Å². The zero-order valence-corrected chi connectivity index (χ0v) is 13.3. The Labute approximate surface area is 123 Å². The molecule has 0 bridgehead atoms. The molecule has 1 fully saturated rings. The van der Waals surface area contributed by atoms with Gasteiger partial charge in [0, 0.05) is 5.02 Å². The summed E-state index contributed by atoms with van der Waals surface area (Å²) in [6.07, 6.45) is 2.86. The maximum absolute atomic E-state index is 12.2. The predicted octanol–water partition coefficient (Wildman–Crippen LogP) is 3.17. The highest BCUT2D eigenvalue weighted by atomic mass is 35.5. The molecular weight excluding hydrogens is 323 g/mol. The molecule has 1 unspecified atom stereocenters. The van der Waals surface area contributed by atoms with Crippen LogP contribution in [0.4, 0.5) is 0 Å². The van der Waals surface area contributed by atoms with E-state index < -0.39 is 23.5 Å². The average Bonchev–Trinajstić information content (AvgIpc) is 2.39. The van der Waals surface area contributed by atoms with E-state index in [1.165, 1.54) is 24.3 Å². The molecule has 2 rings (SSSR count). The van der Waals surface area contributed by atoms with Crippen molar-refractivity contribution >= 4 is 29.7 Å². The van der Waals surface area contributed by atoms with E-state index >= 15 is 0 Å². The highest BCUT2D eigenvalue weighted by Crippen LogP contribution is 2.49. The van der Waals surface area contributed by atoms with E-state index in [-0.39, 0.29) is 17.7 Å². The third-order valence-electron chi connectivity index (χ3n) is 3.42. The Morgan fingerprint density at radius 2 is 1.70 bits per heavy atom. The molecule has 0 saturated heterocycles. The highest BCUT2D eigenvalue weighted by Gasteiger charge is 2.43. The smallest absolute Gasteiger partial charge is 0.298 e. The molecule has 5 nitrogen and oxygen atoms in total. The third kappa shape index (κ3) is 3.43. The van der Waals surface area contributed by atoms with Crippen LogP contribution >= 0.6 is 19.6 Å². The second-order valence-corrected chi connectivity index (χ2v) is 8.36. The topological polar surface area (TPSA) is 80.7 Å². The zero-order valence-electron chi connectivity index (χ0n) is 10.7. The van der Waals surface area contributed by atoms with Crippen LogP contribution in [0, 0.1) is 0 Å². The van der Waals surface area contributed by atoms with Crippen molar-refractivity contribution in [2.24, 2.45) is 0 Å². The molecule has 112 valence electrons. The van der Waals surface area contributed by atoms with Gasteiger partial charge in [0.25, 0.3) is 10.1 Å². The van der Waals surface area contributed by atoms with Crippen LogP contribution in [0.2, 0.25) is 5.02 Å². The summed E-state index contributed by atoms with van der Waals surface area (Å²) in [4.78, 5) is 9.46. The molecule has 0 aliphatic heterocycles. The first-order valence-electron chi connectivity index (χ1n) is 6.30. The minimum absolute atomic E-state index is 0.0601. The summed E-state index contributed by atoms with van der Waals surface area (Å²) in [6.45, 7) is 0. The Morgan fingerprint density at radius 3 is 2.20 bits per heavy atom. The molecule has 20 heavy (non-hydrogen) atoms. The molecule has 1 aliphatic carbocycles. The first-order chi connectivity index (χ1) is 9.36. The molecule has 1 aromatic rings. The maximum atomic E-state index is 12.2. The molecule has 1 atom stereocenters. The molecule has 0 aromatic heterocycles. The molecule has 1 aromatic carbocycles. The van der Waals surface area contributed by atoms with Crippen LogP contribution < -0.4 is 0 Å². The van der Waals surface area contributed by atoms with Gasteiger partial charge in [-0.3, -0.25) is 4.57 Å². The number of halogens is 1. The van der Waals surface area contributed by atoms with Crippen LogP contribution in [0.15, 0.2) is 29.2 Å². The van der Waals surface area contributed by atoms with E-state index in [1.807, 2.05) is 0 Å². The third-order valence-corrected chi connectivity index (χ3v) is 6.59. The lowest BCUT2D eigenvalue weighted by atomic mass is 9.97. The fourth-order valence-electron chi connectivity index (χ4n) is 2.32. The molecule has 8 heteroatoms. The minimum atomic E-state index is -4.07. The number of benzene rings is 1. The number of hydrogen-bond acceptors (Lipinski definition) is 4. The average molecular weight is 339 g/mol. The van der Waals surface area contributed by atoms with Crippen molar-refractivity contribution in [3.8, 4) is 0 Å². The van der Waals surface area contributed by atoms with Gasteiger partial charge >= 0.3 is 0 Å². The number of hydrogen-bond donors (Lipinski definition) is 1. The van der Waals surface area contributed by atoms with Crippen molar-refractivity contribution < 1.29 is 22.1 Å². The van der Waals surface area contributed by atoms with Crippen molar-refractivity contribution in [1.82, 2.24) is 0 Å². The van der Waals surface area contributed by atoms with Gasteiger partial charge in [0.05, 0.1) is 4.90 Å². The molecule has 0 heterocycles. The van der Waals surface area contributed by atoms with Crippen LogP contribution in [0.3, 0.4) is 0 Å². The van der Waals surface area contributed by atoms with Gasteiger partial charge in [-0.15, -0.1) is 0 Å². The predicted molar refractivity (Wildman–Crippen MR) is 76.8 cm³/mol. The van der Waals surface area contributed by atoms with Gasteiger partial charge < -0.3 is 4.89 Å². The Bertz CT molecular complexity index is 593. The number of rotatable bonds is 4. The van der Waals surface area contributed by atoms with Crippen LogP contribution in [-0.2, 0) is 18.9 Å². The zero-order chi connectivity index (χ0) is 14.8. The van der Waals surface area contributed by atoms with E-state index in [0.717, 1.165) is 6.42 Å². The van der Waals surface area contributed by atoms with Crippen molar-refractivity contribution in [2.75, 3.05) is 0 Å². The lowest BCUT2D eigenvalue weighted by Crippen LogP contribution is -2.33. The summed E-state index contributed by atoms with van der Waals surface area (Å²) in [6, 6.07) is 5.52. The lowest BCUT2D eigenvalue weighted by Gasteiger charge is -2.33. The molecule has 1 N–H and O–H groups in total. The lowest BCUT2D eigenvalue weighted by molar-refractivity contribution is 0.108. The van der Waals surface area contributed by atoms with Gasteiger partial charge in [-0.1, -0.05) is 18.0 Å². The Morgan fingerprint density at radius 1 is 1.15 bits per heavy atom. The summed E-state index contributed by atoms with van der Waals surface area (Å²) >= 11 is 5.71. The van der Waals surface area contributed by atoms with Crippen molar-refractivity contribution in [3.63, 3.8) is 0 Å². The minimum Gasteiger partial charge on any atom is -0.344 e. The fraction of sp³-hybridized carbons (Fsp3) is 0.500. The molecule has 0 amide bonds. The fourth-order valence-corrected chi connectivity index (χ4v) is 4.99. The van der Waals surface area contributed by atoms with Gasteiger partial charge in [-0.05, 0) is 49.9 Å². The summed E-state index contributed by atoms with van der Waals surface area (Å²) < 4.78 is 41.2. The molecule has 0 spiro atoms. The van der Waals surface area contributed by atoms with E-state index in [1.54, 1.807) is 0 Å². The van der Waals surface area contributed by atoms with Gasteiger partial charge in [-0.25, -0.2) is 4.18 Å². The van der Waals surface area contributed by atoms with Gasteiger partial charge in [0.15, 0.2) is 5.34 Å². The largest absolute Gasteiger partial charge is 0.344 e. The first-order valence-corrected chi connectivity index (χ1v) is 9.45. The van der Waals surface area contributed by atoms with Crippen LogP contribution in [0.5, 0.6) is 0 Å². The molecular formula is C12H16ClO5PS. The van der Waals surface area contributed by atoms with Crippen LogP contribution in [0.25, 0.3) is 0 Å². The summed E-state index contributed by atoms with van der Waals surface area (Å²) in [5, 5.41) is -1.05. The molecule has 0 radical (unpaired) electrons. The second kappa shape index (κ2) is 6.16. The van der Waals surface area contributed by atoms with Gasteiger partial charge in [0.2, 0.25) is 8.03 Å². The molecule has 1 saturated carbocycles. The summed E-state index contributed by atoms with van der Waals surface area (Å²) in [7, 11) is -7.19. The standard InChI is InChI=1S/C12H16ClO5PS/c13-10-4-6-11(7-5-10)20(16,17)18-12(19(14)15)8-2-1-3-9-12/h4-7,19H,1-3,8-9H2,(H,14,15). The van der Waals surface area contributed by atoms with Gasteiger partial charge in [0.1, 0.15) is 0 Å². The van der Waals surface area contributed by atoms with Crippen LogP contribution in [-0.4, -0.2) is 18.7 Å². The van der Waals surface area contributed by atoms with E-state index in [0.29, 0.717) is 17.9 Å². The summed E-state index contributed by atoms with van der Waals surface area (Å²) in [5.74, 6) is 0. The second-order valence-electron chi connectivity index (χ2n) is 4.85. The van der Waals surface area contributed by atoms with Crippen molar-refractivity contribution in [2.45, 2.75) is 42.3 Å². The Hall–Kier alpha value is -0.390. The quantitative estimate of drug-likeness (QED) is 0.673.